The third-order valence-electron chi connectivity index (χ3n) is 9.50. The van der Waals surface area contributed by atoms with Crippen molar-refractivity contribution in [3.05, 3.63) is 95.6 Å². The molecule has 2 heterocycles. The van der Waals surface area contributed by atoms with Crippen LogP contribution in [0.25, 0.3) is 0 Å². The summed E-state index contributed by atoms with van der Waals surface area (Å²) >= 11 is 0. The van der Waals surface area contributed by atoms with Crippen LogP contribution in [0.1, 0.15) is 74.2 Å². The van der Waals surface area contributed by atoms with Crippen LogP contribution in [0.5, 0.6) is 0 Å². The predicted octanol–water partition coefficient (Wildman–Crippen LogP) is 6.14. The van der Waals surface area contributed by atoms with Crippen LogP contribution >= 0.6 is 0 Å². The number of carbonyl (C=O) groups is 2. The second-order valence-electron chi connectivity index (χ2n) is 12.1. The Morgan fingerprint density at radius 1 is 0.875 bits per heavy atom. The molecule has 5 rings (SSSR count). The Bertz CT molecular complexity index is 1200. The Kier molecular flexibility index (Phi) is 9.21. The van der Waals surface area contributed by atoms with E-state index in [0.29, 0.717) is 6.54 Å². The van der Waals surface area contributed by atoms with E-state index in [4.69, 9.17) is 0 Å². The molecule has 1 N–H and O–H groups in total. The quantitative estimate of drug-likeness (QED) is 0.417. The molecule has 2 fully saturated rings. The van der Waals surface area contributed by atoms with Gasteiger partial charge < -0.3 is 15.1 Å². The first-order chi connectivity index (χ1) is 19.5. The predicted molar refractivity (Wildman–Crippen MR) is 162 cm³/mol. The van der Waals surface area contributed by atoms with E-state index in [9.17, 15) is 9.59 Å². The minimum atomic E-state index is 0.00400. The van der Waals surface area contributed by atoms with Crippen LogP contribution in [0.4, 0.5) is 0 Å². The van der Waals surface area contributed by atoms with Crippen LogP contribution in [0, 0.1) is 5.41 Å². The summed E-state index contributed by atoms with van der Waals surface area (Å²) in [5.74, 6) is 0.207. The maximum absolute atomic E-state index is 13.4. The fourth-order valence-electron chi connectivity index (χ4n) is 7.16. The van der Waals surface area contributed by atoms with Crippen LogP contribution in [0.3, 0.4) is 0 Å². The first kappa shape index (κ1) is 28.4. The number of likely N-dealkylation sites (tertiary alicyclic amines) is 2. The first-order valence-corrected chi connectivity index (χ1v) is 15.2. The molecule has 1 aliphatic carbocycles. The lowest BCUT2D eigenvalue weighted by Crippen LogP contribution is -2.49. The number of nitrogens with one attached hydrogen (secondary N) is 1. The average molecular weight is 540 g/mol. The molecular formula is C35H45N3O2. The molecule has 2 amide bonds. The zero-order chi connectivity index (χ0) is 27.8. The van der Waals surface area contributed by atoms with Gasteiger partial charge in [-0.2, -0.15) is 0 Å². The minimum Gasteiger partial charge on any atom is -0.355 e. The van der Waals surface area contributed by atoms with Crippen LogP contribution < -0.4 is 5.32 Å². The number of amides is 2. The standard InChI is InChI=1S/C35H45N3O2/c1-29(39)36-27-34(31-15-7-3-8-16-31)21-25-37(26-22-34)23-11-19-35(32-17-9-4-10-18-32)20-12-24-38(28-35)33(40)30-13-5-2-6-14-30/h2-3,5-9,13-18H,4,10-12,19-28H2,1H3,(H,36,39). The highest BCUT2D eigenvalue weighted by Gasteiger charge is 2.40. The van der Waals surface area contributed by atoms with Crippen LogP contribution in [0.15, 0.2) is 84.5 Å². The number of carbonyl (C=O) groups excluding carboxylic acids is 2. The van der Waals surface area contributed by atoms with E-state index in [1.54, 1.807) is 6.92 Å². The highest BCUT2D eigenvalue weighted by molar-refractivity contribution is 5.94. The molecule has 212 valence electrons. The molecule has 0 radical (unpaired) electrons. The zero-order valence-corrected chi connectivity index (χ0v) is 24.1. The highest BCUT2D eigenvalue weighted by atomic mass is 16.2. The van der Waals surface area contributed by atoms with E-state index >= 15 is 0 Å². The lowest BCUT2D eigenvalue weighted by atomic mass is 9.69. The topological polar surface area (TPSA) is 52.7 Å². The van der Waals surface area contributed by atoms with E-state index in [-0.39, 0.29) is 22.6 Å². The monoisotopic (exact) mass is 539 g/mol. The Morgan fingerprint density at radius 3 is 2.27 bits per heavy atom. The summed E-state index contributed by atoms with van der Waals surface area (Å²) in [5.41, 5.74) is 3.62. The number of benzene rings is 2. The van der Waals surface area contributed by atoms with Crippen LogP contribution in [0.2, 0.25) is 0 Å². The normalized spacial score (nSPS) is 22.9. The minimum absolute atomic E-state index is 0.00400. The SMILES string of the molecule is CC(=O)NCC1(c2ccccc2)CCN(CCCC2(C3=CCCC=C3)CCCN(C(=O)c3ccccc3)C2)CC1. The Morgan fingerprint density at radius 2 is 1.60 bits per heavy atom. The largest absolute Gasteiger partial charge is 0.355 e. The van der Waals surface area contributed by atoms with Gasteiger partial charge in [-0.15, -0.1) is 0 Å². The summed E-state index contributed by atoms with van der Waals surface area (Å²) in [5, 5.41) is 3.12. The van der Waals surface area contributed by atoms with Gasteiger partial charge in [-0.3, -0.25) is 9.59 Å². The number of allylic oxidation sites excluding steroid dienone is 3. The van der Waals surface area contributed by atoms with Gasteiger partial charge in [0.05, 0.1) is 0 Å². The molecule has 5 heteroatoms. The number of hydrogen-bond acceptors (Lipinski definition) is 3. The van der Waals surface area contributed by atoms with Gasteiger partial charge in [0.2, 0.25) is 5.91 Å². The maximum Gasteiger partial charge on any atom is 0.253 e. The van der Waals surface area contributed by atoms with Crippen molar-refractivity contribution >= 4 is 11.8 Å². The molecule has 0 bridgehead atoms. The number of hydrogen-bond donors (Lipinski definition) is 1. The van der Waals surface area contributed by atoms with E-state index in [2.05, 4.69) is 63.7 Å². The first-order valence-electron chi connectivity index (χ1n) is 15.2. The smallest absolute Gasteiger partial charge is 0.253 e. The fourth-order valence-corrected chi connectivity index (χ4v) is 7.16. The second-order valence-corrected chi connectivity index (χ2v) is 12.1. The van der Waals surface area contributed by atoms with E-state index in [0.717, 1.165) is 89.7 Å². The number of piperidine rings is 2. The molecule has 2 aromatic carbocycles. The van der Waals surface area contributed by atoms with Crippen molar-refractivity contribution in [2.45, 2.75) is 63.7 Å². The van der Waals surface area contributed by atoms with Crippen molar-refractivity contribution in [1.29, 1.82) is 0 Å². The summed E-state index contributed by atoms with van der Waals surface area (Å²) in [6, 6.07) is 20.5. The molecule has 0 saturated carbocycles. The molecular weight excluding hydrogens is 494 g/mol. The highest BCUT2D eigenvalue weighted by Crippen LogP contribution is 2.44. The van der Waals surface area contributed by atoms with E-state index in [1.165, 1.54) is 11.1 Å². The average Bonchev–Trinajstić information content (AvgIpc) is 3.02. The maximum atomic E-state index is 13.4. The Labute approximate surface area is 240 Å². The van der Waals surface area contributed by atoms with Gasteiger partial charge in [0, 0.05) is 43.0 Å². The lowest BCUT2D eigenvalue weighted by Gasteiger charge is -2.45. The van der Waals surface area contributed by atoms with Crippen molar-refractivity contribution < 1.29 is 9.59 Å². The molecule has 0 aromatic heterocycles. The molecule has 2 aliphatic heterocycles. The molecule has 1 unspecified atom stereocenters. The summed E-state index contributed by atoms with van der Waals surface area (Å²) in [7, 11) is 0. The molecule has 2 aromatic rings. The second kappa shape index (κ2) is 13.0. The third kappa shape index (κ3) is 6.58. The Balaban J connectivity index is 1.23. The molecule has 5 nitrogen and oxygen atoms in total. The lowest BCUT2D eigenvalue weighted by molar-refractivity contribution is -0.119. The van der Waals surface area contributed by atoms with Crippen LogP contribution in [-0.2, 0) is 10.2 Å². The number of nitrogens with zero attached hydrogens (tertiary/aromatic N) is 2. The fraction of sp³-hybridized carbons (Fsp3) is 0.486. The Hall–Kier alpha value is -3.18. The van der Waals surface area contributed by atoms with Gasteiger partial charge in [-0.25, -0.2) is 0 Å². The molecule has 3 aliphatic rings. The number of rotatable bonds is 9. The van der Waals surface area contributed by atoms with Crippen molar-refractivity contribution in [1.82, 2.24) is 15.1 Å². The van der Waals surface area contributed by atoms with Gasteiger partial charge in [0.15, 0.2) is 0 Å². The third-order valence-corrected chi connectivity index (χ3v) is 9.50. The van der Waals surface area contributed by atoms with E-state index in [1.807, 2.05) is 30.3 Å². The summed E-state index contributed by atoms with van der Waals surface area (Å²) in [6.45, 7) is 7.14. The van der Waals surface area contributed by atoms with Gasteiger partial charge in [-0.05, 0) is 94.3 Å². The van der Waals surface area contributed by atoms with Crippen molar-refractivity contribution in [2.24, 2.45) is 5.41 Å². The zero-order valence-electron chi connectivity index (χ0n) is 24.1. The molecule has 1 atom stereocenters. The van der Waals surface area contributed by atoms with Crippen molar-refractivity contribution in [3.8, 4) is 0 Å². The summed E-state index contributed by atoms with van der Waals surface area (Å²) in [6.07, 6.45) is 15.8. The summed E-state index contributed by atoms with van der Waals surface area (Å²) in [4.78, 5) is 29.9. The van der Waals surface area contributed by atoms with Gasteiger partial charge in [-0.1, -0.05) is 66.8 Å². The van der Waals surface area contributed by atoms with Gasteiger partial charge >= 0.3 is 0 Å². The molecule has 0 spiro atoms. The van der Waals surface area contributed by atoms with Crippen LogP contribution in [-0.4, -0.2) is 60.9 Å². The van der Waals surface area contributed by atoms with Gasteiger partial charge in [0.1, 0.15) is 0 Å². The van der Waals surface area contributed by atoms with Gasteiger partial charge in [0.25, 0.3) is 5.91 Å². The van der Waals surface area contributed by atoms with E-state index < -0.39 is 0 Å². The molecule has 40 heavy (non-hydrogen) atoms. The van der Waals surface area contributed by atoms with Crippen molar-refractivity contribution in [3.63, 3.8) is 0 Å². The summed E-state index contributed by atoms with van der Waals surface area (Å²) < 4.78 is 0. The van der Waals surface area contributed by atoms with Crippen molar-refractivity contribution in [2.75, 3.05) is 39.3 Å². The molecule has 2 saturated heterocycles.